The molecule has 3 atom stereocenters. The van der Waals surface area contributed by atoms with Gasteiger partial charge in [-0.05, 0) is 120 Å². The minimum absolute atomic E-state index is 0.0122. The summed E-state index contributed by atoms with van der Waals surface area (Å²) in [5.41, 5.74) is 0.176. The summed E-state index contributed by atoms with van der Waals surface area (Å²) < 4.78 is 10.7. The number of fused-ring (bicyclic) bond motifs is 5. The normalized spacial score (nSPS) is 19.5. The number of rotatable bonds is 8. The SMILES string of the molecule is CC(C)(C)OC(=O)NCCC[C@@H]1NC(=O)[C@@H](NC(=O)OC(C)(C)C)Cc2cc(ccc2O)-c2ccc(O)c(c2)C[C@@H](C(=O)NCC2CCN(C(=O)O)CC2)NC1=O. The largest absolute Gasteiger partial charge is 0.508 e. The Morgan fingerprint density at radius 1 is 0.789 bits per heavy atom. The van der Waals surface area contributed by atoms with Crippen LogP contribution >= 0.6 is 0 Å². The number of piperidine rings is 1. The van der Waals surface area contributed by atoms with E-state index >= 15 is 0 Å². The van der Waals surface area contributed by atoms with Gasteiger partial charge in [0.15, 0.2) is 0 Å². The van der Waals surface area contributed by atoms with Crippen molar-refractivity contribution >= 4 is 36.0 Å². The van der Waals surface area contributed by atoms with E-state index < -0.39 is 65.3 Å². The van der Waals surface area contributed by atoms with Crippen LogP contribution in [0.25, 0.3) is 11.1 Å². The molecule has 57 heavy (non-hydrogen) atoms. The summed E-state index contributed by atoms with van der Waals surface area (Å²) in [6.07, 6.45) is -1.72. The monoisotopic (exact) mass is 796 g/mol. The van der Waals surface area contributed by atoms with Crippen LogP contribution in [0, 0.1) is 5.92 Å². The van der Waals surface area contributed by atoms with Crippen molar-refractivity contribution in [3.63, 3.8) is 0 Å². The summed E-state index contributed by atoms with van der Waals surface area (Å²) in [6.45, 7) is 11.0. The molecule has 6 amide bonds. The number of likely N-dealkylation sites (tertiary alicyclic amines) is 1. The maximum atomic E-state index is 14.2. The van der Waals surface area contributed by atoms with Crippen molar-refractivity contribution in [1.29, 1.82) is 0 Å². The third-order valence-corrected chi connectivity index (χ3v) is 9.40. The Morgan fingerprint density at radius 2 is 1.35 bits per heavy atom. The smallest absolute Gasteiger partial charge is 0.408 e. The number of carbonyl (C=O) groups excluding carboxylic acids is 5. The zero-order chi connectivity index (χ0) is 42.1. The molecule has 0 unspecified atom stereocenters. The summed E-state index contributed by atoms with van der Waals surface area (Å²) in [4.78, 5) is 80.2. The number of ether oxygens (including phenoxy) is 2. The molecule has 2 aliphatic heterocycles. The fourth-order valence-electron chi connectivity index (χ4n) is 6.49. The molecule has 2 aliphatic rings. The van der Waals surface area contributed by atoms with Gasteiger partial charge in [-0.1, -0.05) is 12.1 Å². The Bertz CT molecular complexity index is 1800. The van der Waals surface area contributed by atoms with E-state index in [0.717, 1.165) is 0 Å². The van der Waals surface area contributed by atoms with Crippen LogP contribution in [0.5, 0.6) is 11.5 Å². The number of amides is 6. The zero-order valence-electron chi connectivity index (χ0n) is 33.4. The van der Waals surface area contributed by atoms with Crippen LogP contribution in [0.4, 0.5) is 14.4 Å². The van der Waals surface area contributed by atoms with E-state index in [0.29, 0.717) is 48.2 Å². The van der Waals surface area contributed by atoms with Crippen LogP contribution in [-0.2, 0) is 36.7 Å². The summed E-state index contributed by atoms with van der Waals surface area (Å²) >= 11 is 0. The van der Waals surface area contributed by atoms with E-state index in [9.17, 15) is 44.1 Å². The average molecular weight is 797 g/mol. The molecule has 17 heteroatoms. The van der Waals surface area contributed by atoms with Crippen LogP contribution in [0.1, 0.15) is 78.4 Å². The van der Waals surface area contributed by atoms with Crippen LogP contribution in [-0.4, -0.2) is 112 Å². The molecule has 8 N–H and O–H groups in total. The molecule has 1 fully saturated rings. The maximum Gasteiger partial charge on any atom is 0.408 e. The number of hydrogen-bond acceptors (Lipinski definition) is 10. The van der Waals surface area contributed by atoms with Crippen molar-refractivity contribution < 1.29 is 53.6 Å². The second kappa shape index (κ2) is 18.9. The van der Waals surface area contributed by atoms with Crippen LogP contribution in [0.15, 0.2) is 36.4 Å². The van der Waals surface area contributed by atoms with E-state index in [4.69, 9.17) is 9.47 Å². The molecule has 0 saturated carbocycles. The fraction of sp³-hybridized carbons (Fsp3) is 0.550. The number of alkyl carbamates (subject to hydrolysis) is 2. The number of aromatic hydroxyl groups is 2. The molecule has 4 bridgehead atoms. The number of carboxylic acid groups (broad SMARTS) is 1. The molecule has 0 aromatic heterocycles. The molecule has 2 aromatic carbocycles. The Balaban J connectivity index is 1.68. The third kappa shape index (κ3) is 13.8. The molecule has 0 radical (unpaired) electrons. The van der Waals surface area contributed by atoms with Crippen LogP contribution in [0.2, 0.25) is 0 Å². The van der Waals surface area contributed by atoms with Gasteiger partial charge >= 0.3 is 18.3 Å². The highest BCUT2D eigenvalue weighted by atomic mass is 16.6. The van der Waals surface area contributed by atoms with Gasteiger partial charge < -0.3 is 56.3 Å². The number of nitrogens with one attached hydrogen (secondary N) is 5. The molecule has 0 aliphatic carbocycles. The topological polar surface area (TPSA) is 245 Å². The molecular weight excluding hydrogens is 740 g/mol. The quantitative estimate of drug-likeness (QED) is 0.180. The lowest BCUT2D eigenvalue weighted by molar-refractivity contribution is -0.132. The van der Waals surface area contributed by atoms with Crippen molar-refractivity contribution in [3.05, 3.63) is 47.5 Å². The van der Waals surface area contributed by atoms with Gasteiger partial charge in [-0.25, -0.2) is 14.4 Å². The summed E-state index contributed by atoms with van der Waals surface area (Å²) in [5.74, 6) is -2.39. The Morgan fingerprint density at radius 3 is 1.91 bits per heavy atom. The van der Waals surface area contributed by atoms with E-state index in [1.165, 1.54) is 17.0 Å². The first kappa shape index (κ1) is 44.0. The minimum Gasteiger partial charge on any atom is -0.508 e. The van der Waals surface area contributed by atoms with Crippen molar-refractivity contribution in [3.8, 4) is 22.6 Å². The maximum absolute atomic E-state index is 14.2. The van der Waals surface area contributed by atoms with Crippen molar-refractivity contribution in [2.24, 2.45) is 5.92 Å². The van der Waals surface area contributed by atoms with E-state index in [1.807, 2.05) is 0 Å². The van der Waals surface area contributed by atoms with Gasteiger partial charge in [0.2, 0.25) is 17.7 Å². The highest BCUT2D eigenvalue weighted by molar-refractivity contribution is 5.94. The second-order valence-corrected chi connectivity index (χ2v) is 16.4. The first-order valence-electron chi connectivity index (χ1n) is 19.1. The zero-order valence-corrected chi connectivity index (χ0v) is 33.4. The Labute approximate surface area is 332 Å². The summed E-state index contributed by atoms with van der Waals surface area (Å²) in [7, 11) is 0. The fourth-order valence-corrected chi connectivity index (χ4v) is 6.49. The predicted octanol–water partition coefficient (Wildman–Crippen LogP) is 3.54. The van der Waals surface area contributed by atoms with Gasteiger partial charge in [0.25, 0.3) is 0 Å². The minimum atomic E-state index is -1.34. The van der Waals surface area contributed by atoms with Gasteiger partial charge in [-0.15, -0.1) is 0 Å². The lowest BCUT2D eigenvalue weighted by Crippen LogP contribution is -2.58. The van der Waals surface area contributed by atoms with Gasteiger partial charge in [0.05, 0.1) is 0 Å². The number of nitrogens with zero attached hydrogens (tertiary/aromatic N) is 1. The van der Waals surface area contributed by atoms with Crippen LogP contribution in [0.3, 0.4) is 0 Å². The molecule has 2 aromatic rings. The highest BCUT2D eigenvalue weighted by Crippen LogP contribution is 2.31. The van der Waals surface area contributed by atoms with Crippen LogP contribution < -0.4 is 26.6 Å². The Kier molecular flexibility index (Phi) is 14.6. The predicted molar refractivity (Wildman–Crippen MR) is 208 cm³/mol. The molecule has 17 nitrogen and oxygen atoms in total. The van der Waals surface area contributed by atoms with Gasteiger partial charge in [0.1, 0.15) is 40.8 Å². The standard InChI is InChI=1S/C40H56N6O11/c1-39(2,3)56-36(52)41-15-7-8-28-34(50)44-29(33(49)42-22-23-13-16-46(17-14-23)38(54)55)20-26-18-24(9-11-31(26)47)25-10-12-32(48)27(19-25)21-30(35(51)43-28)45-37(53)57-40(4,5)6/h9-12,18-19,23,28-30,47-48H,7-8,13-17,20-22H2,1-6H3,(H,41,52)(H,42,49)(H,43,51)(H,44,50)(H,45,53)(H,54,55)/t28-,29-,30-/m0/s1. The molecule has 0 spiro atoms. The van der Waals surface area contributed by atoms with E-state index in [2.05, 4.69) is 26.6 Å². The van der Waals surface area contributed by atoms with Gasteiger partial charge in [-0.2, -0.15) is 0 Å². The number of benzene rings is 2. The van der Waals surface area contributed by atoms with Crippen molar-refractivity contribution in [2.75, 3.05) is 26.2 Å². The van der Waals surface area contributed by atoms with E-state index in [1.54, 1.807) is 65.8 Å². The highest BCUT2D eigenvalue weighted by Gasteiger charge is 2.33. The number of phenols is 2. The number of carbonyl (C=O) groups is 6. The number of hydrogen-bond donors (Lipinski definition) is 8. The van der Waals surface area contributed by atoms with E-state index in [-0.39, 0.29) is 56.2 Å². The summed E-state index contributed by atoms with van der Waals surface area (Å²) in [5, 5.41) is 44.7. The number of phenolic OH excluding ortho intramolecular Hbond substituents is 2. The summed E-state index contributed by atoms with van der Waals surface area (Å²) in [6, 6.07) is 5.63. The first-order valence-corrected chi connectivity index (χ1v) is 19.1. The van der Waals surface area contributed by atoms with Gasteiger partial charge in [-0.3, -0.25) is 14.4 Å². The second-order valence-electron chi connectivity index (χ2n) is 16.4. The molecular formula is C40H56N6O11. The van der Waals surface area contributed by atoms with Crippen molar-refractivity contribution in [1.82, 2.24) is 31.5 Å². The van der Waals surface area contributed by atoms with Crippen molar-refractivity contribution in [2.45, 2.75) is 109 Å². The molecule has 312 valence electrons. The molecule has 4 rings (SSSR count). The first-order chi connectivity index (χ1) is 26.7. The third-order valence-electron chi connectivity index (χ3n) is 9.40. The molecule has 2 heterocycles. The lowest BCUT2D eigenvalue weighted by Gasteiger charge is -2.30. The average Bonchev–Trinajstić information content (AvgIpc) is 3.11. The molecule has 1 saturated heterocycles. The van der Waals surface area contributed by atoms with Gasteiger partial charge in [0, 0.05) is 39.0 Å². The lowest BCUT2D eigenvalue weighted by atomic mass is 9.95. The Hall–Kier alpha value is -5.74.